The number of rotatable bonds is 6. The molecule has 5 heteroatoms. The molecule has 2 rings (SSSR count). The van der Waals surface area contributed by atoms with Crippen molar-refractivity contribution in [3.05, 3.63) is 53.7 Å². The largest absolute Gasteiger partial charge is 0.370 e. The first-order chi connectivity index (χ1) is 9.29. The van der Waals surface area contributed by atoms with Gasteiger partial charge in [-0.1, -0.05) is 18.2 Å². The highest BCUT2D eigenvalue weighted by molar-refractivity contribution is 5.33. The Morgan fingerprint density at radius 3 is 2.79 bits per heavy atom. The van der Waals surface area contributed by atoms with Gasteiger partial charge in [0.05, 0.1) is 0 Å². The summed E-state index contributed by atoms with van der Waals surface area (Å²) in [6, 6.07) is 8.58. The fraction of sp³-hybridized carbons (Fsp3) is 0.286. The van der Waals surface area contributed by atoms with E-state index in [1.807, 2.05) is 6.07 Å². The number of nitrogens with zero attached hydrogens (tertiary/aromatic N) is 2. The van der Waals surface area contributed by atoms with Crippen molar-refractivity contribution in [3.63, 3.8) is 0 Å². The molecule has 3 N–H and O–H groups in total. The summed E-state index contributed by atoms with van der Waals surface area (Å²) in [6.07, 6.45) is 2.97. The van der Waals surface area contributed by atoms with Gasteiger partial charge in [0.1, 0.15) is 17.5 Å². The molecule has 0 radical (unpaired) electrons. The molecular weight excluding hydrogens is 243 g/mol. The van der Waals surface area contributed by atoms with E-state index in [2.05, 4.69) is 15.3 Å². The van der Waals surface area contributed by atoms with Gasteiger partial charge in [-0.15, -0.1) is 0 Å². The van der Waals surface area contributed by atoms with E-state index in [0.717, 1.165) is 11.6 Å². The fourth-order valence-corrected chi connectivity index (χ4v) is 1.77. The van der Waals surface area contributed by atoms with Gasteiger partial charge in [-0.05, 0) is 30.7 Å². The van der Waals surface area contributed by atoms with Crippen LogP contribution in [0.25, 0.3) is 0 Å². The second-order valence-electron chi connectivity index (χ2n) is 4.16. The van der Waals surface area contributed by atoms with Crippen molar-refractivity contribution in [2.75, 3.05) is 18.4 Å². The molecule has 1 heterocycles. The summed E-state index contributed by atoms with van der Waals surface area (Å²) in [4.78, 5) is 8.44. The van der Waals surface area contributed by atoms with Gasteiger partial charge in [0, 0.05) is 19.2 Å². The van der Waals surface area contributed by atoms with Crippen LogP contribution in [0.5, 0.6) is 0 Å². The summed E-state index contributed by atoms with van der Waals surface area (Å²) in [5.41, 5.74) is 6.16. The van der Waals surface area contributed by atoms with Crippen molar-refractivity contribution in [2.45, 2.75) is 12.8 Å². The molecule has 100 valence electrons. The molecule has 0 aliphatic rings. The topological polar surface area (TPSA) is 63.8 Å². The smallest absolute Gasteiger partial charge is 0.131 e. The van der Waals surface area contributed by atoms with Crippen LogP contribution >= 0.6 is 0 Å². The lowest BCUT2D eigenvalue weighted by Crippen LogP contribution is -2.10. The van der Waals surface area contributed by atoms with Gasteiger partial charge >= 0.3 is 0 Å². The Balaban J connectivity index is 1.89. The first-order valence-corrected chi connectivity index (χ1v) is 6.29. The number of halogens is 1. The third-order valence-corrected chi connectivity index (χ3v) is 2.73. The zero-order valence-electron chi connectivity index (χ0n) is 10.6. The van der Waals surface area contributed by atoms with Crippen LogP contribution in [-0.2, 0) is 12.8 Å². The van der Waals surface area contributed by atoms with Crippen molar-refractivity contribution < 1.29 is 4.39 Å². The van der Waals surface area contributed by atoms with Crippen molar-refractivity contribution in [3.8, 4) is 0 Å². The Labute approximate surface area is 111 Å². The molecule has 0 unspecified atom stereocenters. The maximum atomic E-state index is 13.4. The Morgan fingerprint density at radius 2 is 2.00 bits per heavy atom. The first kappa shape index (κ1) is 13.4. The molecule has 0 bridgehead atoms. The quantitative estimate of drug-likeness (QED) is 0.831. The summed E-state index contributed by atoms with van der Waals surface area (Å²) < 4.78 is 13.4. The predicted octanol–water partition coefficient (Wildman–Crippen LogP) is 1.77. The standard InChI is InChI=1S/C14H17FN4/c15-12-4-2-1-3-11(12)6-9-17-14-7-10-18-13(19-14)5-8-16/h1-4,7,10H,5-6,8-9,16H2,(H,17,18,19). The van der Waals surface area contributed by atoms with Crippen LogP contribution in [0.3, 0.4) is 0 Å². The number of hydrogen-bond acceptors (Lipinski definition) is 4. The highest BCUT2D eigenvalue weighted by Crippen LogP contribution is 2.08. The van der Waals surface area contributed by atoms with E-state index in [4.69, 9.17) is 5.73 Å². The second kappa shape index (κ2) is 6.80. The molecule has 1 aromatic heterocycles. The minimum Gasteiger partial charge on any atom is -0.370 e. The minimum absolute atomic E-state index is 0.171. The van der Waals surface area contributed by atoms with E-state index in [9.17, 15) is 4.39 Å². The van der Waals surface area contributed by atoms with E-state index in [1.54, 1.807) is 24.4 Å². The molecule has 2 aromatic rings. The number of nitrogens with two attached hydrogens (primary N) is 1. The molecule has 0 fully saturated rings. The summed E-state index contributed by atoms with van der Waals surface area (Å²) in [7, 11) is 0. The van der Waals surface area contributed by atoms with Crippen LogP contribution in [0.4, 0.5) is 10.2 Å². The SMILES string of the molecule is NCCc1nccc(NCCc2ccccc2F)n1. The average molecular weight is 260 g/mol. The van der Waals surface area contributed by atoms with E-state index in [1.165, 1.54) is 6.07 Å². The summed E-state index contributed by atoms with van der Waals surface area (Å²) in [5, 5.41) is 3.16. The molecule has 0 aliphatic carbocycles. The van der Waals surface area contributed by atoms with Crippen molar-refractivity contribution in [1.82, 2.24) is 9.97 Å². The Morgan fingerprint density at radius 1 is 1.16 bits per heavy atom. The zero-order chi connectivity index (χ0) is 13.5. The van der Waals surface area contributed by atoms with Gasteiger partial charge in [0.25, 0.3) is 0 Å². The van der Waals surface area contributed by atoms with E-state index in [0.29, 0.717) is 31.5 Å². The number of anilines is 1. The highest BCUT2D eigenvalue weighted by atomic mass is 19.1. The zero-order valence-corrected chi connectivity index (χ0v) is 10.6. The molecule has 1 aromatic carbocycles. The Kier molecular flexibility index (Phi) is 4.80. The van der Waals surface area contributed by atoms with Crippen LogP contribution in [0.1, 0.15) is 11.4 Å². The maximum Gasteiger partial charge on any atom is 0.131 e. The molecular formula is C14H17FN4. The molecule has 0 atom stereocenters. The van der Waals surface area contributed by atoms with Crippen LogP contribution in [-0.4, -0.2) is 23.1 Å². The fourth-order valence-electron chi connectivity index (χ4n) is 1.77. The molecule has 0 aliphatic heterocycles. The van der Waals surface area contributed by atoms with Crippen LogP contribution in [0.2, 0.25) is 0 Å². The minimum atomic E-state index is -0.171. The average Bonchev–Trinajstić information content (AvgIpc) is 2.42. The summed E-state index contributed by atoms with van der Waals surface area (Å²) >= 11 is 0. The molecule has 0 saturated carbocycles. The third kappa shape index (κ3) is 3.99. The van der Waals surface area contributed by atoms with Gasteiger partial charge < -0.3 is 11.1 Å². The van der Waals surface area contributed by atoms with Crippen LogP contribution in [0.15, 0.2) is 36.5 Å². The molecule has 0 saturated heterocycles. The Bertz CT molecular complexity index is 530. The summed E-state index contributed by atoms with van der Waals surface area (Å²) in [6.45, 7) is 1.15. The molecule has 19 heavy (non-hydrogen) atoms. The van der Waals surface area contributed by atoms with Gasteiger partial charge in [0.2, 0.25) is 0 Å². The van der Waals surface area contributed by atoms with E-state index >= 15 is 0 Å². The third-order valence-electron chi connectivity index (χ3n) is 2.73. The number of nitrogens with one attached hydrogen (secondary N) is 1. The number of hydrogen-bond donors (Lipinski definition) is 2. The lowest BCUT2D eigenvalue weighted by atomic mass is 10.1. The van der Waals surface area contributed by atoms with Gasteiger partial charge in [-0.25, -0.2) is 14.4 Å². The highest BCUT2D eigenvalue weighted by Gasteiger charge is 2.01. The van der Waals surface area contributed by atoms with Crippen LogP contribution in [0, 0.1) is 5.82 Å². The lowest BCUT2D eigenvalue weighted by molar-refractivity contribution is 0.610. The first-order valence-electron chi connectivity index (χ1n) is 6.29. The van der Waals surface area contributed by atoms with Crippen molar-refractivity contribution in [1.29, 1.82) is 0 Å². The van der Waals surface area contributed by atoms with E-state index < -0.39 is 0 Å². The van der Waals surface area contributed by atoms with E-state index in [-0.39, 0.29) is 5.82 Å². The van der Waals surface area contributed by atoms with Gasteiger partial charge in [-0.3, -0.25) is 0 Å². The van der Waals surface area contributed by atoms with Gasteiger partial charge in [0.15, 0.2) is 0 Å². The molecule has 0 spiro atoms. The molecule has 4 nitrogen and oxygen atoms in total. The second-order valence-corrected chi connectivity index (χ2v) is 4.16. The lowest BCUT2D eigenvalue weighted by Gasteiger charge is -2.07. The normalized spacial score (nSPS) is 10.4. The number of benzene rings is 1. The monoisotopic (exact) mass is 260 g/mol. The van der Waals surface area contributed by atoms with Crippen molar-refractivity contribution >= 4 is 5.82 Å². The predicted molar refractivity (Wildman–Crippen MR) is 73.4 cm³/mol. The van der Waals surface area contributed by atoms with Crippen molar-refractivity contribution in [2.24, 2.45) is 5.73 Å². The van der Waals surface area contributed by atoms with Crippen LogP contribution < -0.4 is 11.1 Å². The summed E-state index contributed by atoms with van der Waals surface area (Å²) in [5.74, 6) is 1.30. The van der Waals surface area contributed by atoms with Gasteiger partial charge in [-0.2, -0.15) is 0 Å². The maximum absolute atomic E-state index is 13.4. The molecule has 0 amide bonds. The number of aromatic nitrogens is 2. The Hall–Kier alpha value is -2.01.